The van der Waals surface area contributed by atoms with Gasteiger partial charge in [-0.25, -0.2) is 4.79 Å². The molecule has 1 fully saturated rings. The van der Waals surface area contributed by atoms with E-state index in [1.165, 1.54) is 4.90 Å². The van der Waals surface area contributed by atoms with E-state index in [2.05, 4.69) is 23.3 Å². The first-order chi connectivity index (χ1) is 12.2. The molecule has 11 nitrogen and oxygen atoms in total. The standard InChI is InChI=1S/C14H22N4O7S/c15-5-10(19)16-8(6-26)13(23)18-3-1-2-9(18)12(22)17-7(14(24)25)4-11(20)21/h7-9,26H,1-6,15H2,(H,16,19)(H,17,22)(H,20,21)(H,24,25). The topological polar surface area (TPSA) is 179 Å². The maximum absolute atomic E-state index is 12.6. The molecule has 1 rings (SSSR count). The van der Waals surface area contributed by atoms with Crippen molar-refractivity contribution in [3.05, 3.63) is 0 Å². The molecule has 0 aromatic heterocycles. The molecule has 146 valence electrons. The summed E-state index contributed by atoms with van der Waals surface area (Å²) in [5, 5.41) is 22.3. The van der Waals surface area contributed by atoms with Crippen LogP contribution in [0, 0.1) is 0 Å². The van der Waals surface area contributed by atoms with Gasteiger partial charge in [-0.1, -0.05) is 0 Å². The summed E-state index contributed by atoms with van der Waals surface area (Å²) in [6, 6.07) is -3.53. The lowest BCUT2D eigenvalue weighted by Gasteiger charge is -2.28. The van der Waals surface area contributed by atoms with E-state index >= 15 is 0 Å². The minimum absolute atomic E-state index is 0.00776. The van der Waals surface area contributed by atoms with Crippen LogP contribution in [-0.2, 0) is 24.0 Å². The van der Waals surface area contributed by atoms with E-state index < -0.39 is 54.2 Å². The molecule has 1 heterocycles. The molecule has 3 amide bonds. The number of aliphatic carboxylic acids is 2. The Balaban J connectivity index is 2.83. The molecule has 3 unspecified atom stereocenters. The van der Waals surface area contributed by atoms with E-state index in [0.717, 1.165) is 0 Å². The average molecular weight is 390 g/mol. The van der Waals surface area contributed by atoms with Crippen molar-refractivity contribution in [2.45, 2.75) is 37.4 Å². The largest absolute Gasteiger partial charge is 0.481 e. The van der Waals surface area contributed by atoms with Crippen molar-refractivity contribution in [2.75, 3.05) is 18.8 Å². The Kier molecular flexibility index (Phi) is 8.32. The molecular weight excluding hydrogens is 368 g/mol. The predicted octanol–water partition coefficient (Wildman–Crippen LogP) is -2.61. The van der Waals surface area contributed by atoms with Gasteiger partial charge in [0.2, 0.25) is 17.7 Å². The Morgan fingerprint density at radius 1 is 1.15 bits per heavy atom. The fraction of sp³-hybridized carbons (Fsp3) is 0.643. The minimum atomic E-state index is -1.60. The number of carboxylic acid groups (broad SMARTS) is 2. The number of amides is 3. The number of hydrogen-bond donors (Lipinski definition) is 6. The summed E-state index contributed by atoms with van der Waals surface area (Å²) in [4.78, 5) is 59.3. The van der Waals surface area contributed by atoms with Gasteiger partial charge < -0.3 is 31.5 Å². The van der Waals surface area contributed by atoms with Crippen LogP contribution in [0.1, 0.15) is 19.3 Å². The van der Waals surface area contributed by atoms with E-state index in [9.17, 15) is 24.0 Å². The summed E-state index contributed by atoms with van der Waals surface area (Å²) in [6.07, 6.45) is 0.0132. The molecule has 0 radical (unpaired) electrons. The van der Waals surface area contributed by atoms with E-state index in [1.54, 1.807) is 0 Å². The number of carboxylic acids is 2. The number of nitrogens with two attached hydrogens (primary N) is 1. The summed E-state index contributed by atoms with van der Waals surface area (Å²) < 4.78 is 0. The molecule has 26 heavy (non-hydrogen) atoms. The molecule has 1 saturated heterocycles. The molecule has 0 spiro atoms. The molecular formula is C14H22N4O7S. The van der Waals surface area contributed by atoms with Gasteiger partial charge in [0, 0.05) is 12.3 Å². The van der Waals surface area contributed by atoms with Gasteiger partial charge in [0.1, 0.15) is 18.1 Å². The number of likely N-dealkylation sites (tertiary alicyclic amines) is 1. The van der Waals surface area contributed by atoms with Crippen LogP contribution in [-0.4, -0.2) is 81.7 Å². The molecule has 0 aromatic carbocycles. The van der Waals surface area contributed by atoms with Crippen LogP contribution in [0.5, 0.6) is 0 Å². The third kappa shape index (κ3) is 5.88. The first-order valence-electron chi connectivity index (χ1n) is 7.87. The number of carbonyl (C=O) groups excluding carboxylic acids is 3. The number of rotatable bonds is 9. The molecule has 0 aromatic rings. The number of nitrogens with zero attached hydrogens (tertiary/aromatic N) is 1. The lowest BCUT2D eigenvalue weighted by Crippen LogP contribution is -2.56. The first kappa shape index (κ1) is 21.7. The minimum Gasteiger partial charge on any atom is -0.481 e. The van der Waals surface area contributed by atoms with Crippen molar-refractivity contribution >= 4 is 42.3 Å². The molecule has 0 saturated carbocycles. The van der Waals surface area contributed by atoms with Crippen molar-refractivity contribution in [3.63, 3.8) is 0 Å². The Morgan fingerprint density at radius 3 is 2.31 bits per heavy atom. The van der Waals surface area contributed by atoms with E-state index in [4.69, 9.17) is 15.9 Å². The number of carbonyl (C=O) groups is 5. The molecule has 0 aliphatic carbocycles. The average Bonchev–Trinajstić information content (AvgIpc) is 3.07. The van der Waals surface area contributed by atoms with Crippen LogP contribution >= 0.6 is 12.6 Å². The normalized spacial score (nSPS) is 18.7. The van der Waals surface area contributed by atoms with Crippen molar-refractivity contribution in [1.82, 2.24) is 15.5 Å². The van der Waals surface area contributed by atoms with Gasteiger partial charge in [0.05, 0.1) is 13.0 Å². The second-order valence-electron chi connectivity index (χ2n) is 5.69. The van der Waals surface area contributed by atoms with Crippen LogP contribution in [0.15, 0.2) is 0 Å². The Hall–Kier alpha value is -2.34. The van der Waals surface area contributed by atoms with Crippen molar-refractivity contribution < 1.29 is 34.2 Å². The molecule has 1 aliphatic rings. The predicted molar refractivity (Wildman–Crippen MR) is 91.4 cm³/mol. The second kappa shape index (κ2) is 9.97. The van der Waals surface area contributed by atoms with Gasteiger partial charge in [0.15, 0.2) is 0 Å². The monoisotopic (exact) mass is 390 g/mol. The number of thiol groups is 1. The highest BCUT2D eigenvalue weighted by Crippen LogP contribution is 2.19. The third-order valence-corrected chi connectivity index (χ3v) is 4.20. The van der Waals surface area contributed by atoms with Crippen LogP contribution in [0.3, 0.4) is 0 Å². The summed E-state index contributed by atoms with van der Waals surface area (Å²) in [6.45, 7) is -0.0622. The van der Waals surface area contributed by atoms with Crippen LogP contribution in [0.25, 0.3) is 0 Å². The molecule has 3 atom stereocenters. The van der Waals surface area contributed by atoms with Crippen LogP contribution in [0.2, 0.25) is 0 Å². The van der Waals surface area contributed by atoms with Gasteiger partial charge in [-0.2, -0.15) is 12.6 Å². The van der Waals surface area contributed by atoms with Gasteiger partial charge in [-0.05, 0) is 12.8 Å². The summed E-state index contributed by atoms with van der Waals surface area (Å²) in [5.41, 5.74) is 5.20. The highest BCUT2D eigenvalue weighted by atomic mass is 32.1. The Bertz CT molecular complexity index is 586. The number of hydrogen-bond acceptors (Lipinski definition) is 7. The van der Waals surface area contributed by atoms with Gasteiger partial charge >= 0.3 is 11.9 Å². The van der Waals surface area contributed by atoms with E-state index in [0.29, 0.717) is 12.8 Å². The maximum Gasteiger partial charge on any atom is 0.326 e. The van der Waals surface area contributed by atoms with Gasteiger partial charge in [-0.15, -0.1) is 0 Å². The smallest absolute Gasteiger partial charge is 0.326 e. The molecule has 6 N–H and O–H groups in total. The zero-order valence-electron chi connectivity index (χ0n) is 13.9. The zero-order chi connectivity index (χ0) is 19.9. The highest BCUT2D eigenvalue weighted by Gasteiger charge is 2.38. The van der Waals surface area contributed by atoms with Crippen LogP contribution in [0.4, 0.5) is 0 Å². The van der Waals surface area contributed by atoms with E-state index in [-0.39, 0.29) is 18.8 Å². The Labute approximate surface area is 154 Å². The van der Waals surface area contributed by atoms with Crippen molar-refractivity contribution in [1.29, 1.82) is 0 Å². The Morgan fingerprint density at radius 2 is 1.81 bits per heavy atom. The second-order valence-corrected chi connectivity index (χ2v) is 6.06. The van der Waals surface area contributed by atoms with E-state index in [1.807, 2.05) is 0 Å². The first-order valence-corrected chi connectivity index (χ1v) is 8.50. The third-order valence-electron chi connectivity index (χ3n) is 3.83. The van der Waals surface area contributed by atoms with Crippen LogP contribution < -0.4 is 16.4 Å². The van der Waals surface area contributed by atoms with Crippen molar-refractivity contribution in [3.8, 4) is 0 Å². The number of nitrogens with one attached hydrogen (secondary N) is 2. The summed E-state index contributed by atoms with van der Waals surface area (Å²) in [5.74, 6) is -4.72. The SMILES string of the molecule is NCC(=O)NC(CS)C(=O)N1CCCC1C(=O)NC(CC(=O)O)C(=O)O. The fourth-order valence-corrected chi connectivity index (χ4v) is 2.83. The highest BCUT2D eigenvalue weighted by molar-refractivity contribution is 7.80. The maximum atomic E-state index is 12.6. The van der Waals surface area contributed by atoms with Gasteiger partial charge in [0.25, 0.3) is 0 Å². The molecule has 1 aliphatic heterocycles. The summed E-state index contributed by atoms with van der Waals surface area (Å²) in [7, 11) is 0. The van der Waals surface area contributed by atoms with Crippen molar-refractivity contribution in [2.24, 2.45) is 5.73 Å². The van der Waals surface area contributed by atoms with Gasteiger partial charge in [-0.3, -0.25) is 19.2 Å². The zero-order valence-corrected chi connectivity index (χ0v) is 14.8. The lowest BCUT2D eigenvalue weighted by atomic mass is 10.1. The lowest BCUT2D eigenvalue weighted by molar-refractivity contribution is -0.148. The molecule has 0 bridgehead atoms. The summed E-state index contributed by atoms with van der Waals surface area (Å²) >= 11 is 4.02. The quantitative estimate of drug-likeness (QED) is 0.232. The fourth-order valence-electron chi connectivity index (χ4n) is 2.58. The molecule has 12 heteroatoms.